The summed E-state index contributed by atoms with van der Waals surface area (Å²) in [5, 5.41) is 0. The summed E-state index contributed by atoms with van der Waals surface area (Å²) >= 11 is 0. The molecule has 172 valence electrons. The highest BCUT2D eigenvalue weighted by molar-refractivity contribution is 6.02. The monoisotopic (exact) mass is 444 g/mol. The van der Waals surface area contributed by atoms with Gasteiger partial charge in [0.05, 0.1) is 14.2 Å². The molecule has 0 heterocycles. The van der Waals surface area contributed by atoms with Crippen LogP contribution in [0.4, 0.5) is 0 Å². The second kappa shape index (κ2) is 9.01. The van der Waals surface area contributed by atoms with Crippen molar-refractivity contribution in [2.75, 3.05) is 14.2 Å². The van der Waals surface area contributed by atoms with Crippen molar-refractivity contribution in [3.05, 3.63) is 96.6 Å². The summed E-state index contributed by atoms with van der Waals surface area (Å²) in [5.41, 5.74) is 1.25. The number of esters is 2. The molecule has 0 amide bonds. The molecule has 3 unspecified atom stereocenters. The van der Waals surface area contributed by atoms with Crippen LogP contribution in [0.15, 0.2) is 79.9 Å². The summed E-state index contributed by atoms with van der Waals surface area (Å²) < 4.78 is 10.7. The molecule has 0 aromatic heterocycles. The van der Waals surface area contributed by atoms with Crippen molar-refractivity contribution in [1.82, 2.24) is 0 Å². The van der Waals surface area contributed by atoms with Gasteiger partial charge in [-0.3, -0.25) is 9.59 Å². The van der Waals surface area contributed by atoms with E-state index in [9.17, 15) is 9.59 Å². The van der Waals surface area contributed by atoms with Crippen LogP contribution in [0, 0.1) is 17.3 Å². The third-order valence-electron chi connectivity index (χ3n) is 8.11. The van der Waals surface area contributed by atoms with E-state index in [0.717, 1.165) is 29.5 Å². The van der Waals surface area contributed by atoms with Gasteiger partial charge in [-0.25, -0.2) is 0 Å². The lowest BCUT2D eigenvalue weighted by Crippen LogP contribution is -2.55. The summed E-state index contributed by atoms with van der Waals surface area (Å²) in [5.74, 6) is -1.24. The molecule has 4 atom stereocenters. The Balaban J connectivity index is 1.96. The maximum atomic E-state index is 13.7. The van der Waals surface area contributed by atoms with E-state index in [-0.39, 0.29) is 24.2 Å². The van der Waals surface area contributed by atoms with Gasteiger partial charge in [0.1, 0.15) is 0 Å². The number of allylic oxidation sites excluding steroid dienone is 2. The molecular formula is C29H32O4. The number of hydrogen-bond acceptors (Lipinski definition) is 4. The number of fused-ring (bicyclic) bond motifs is 1. The SMILES string of the molecule is C=CC1CC[C@@H](C=C)C1(CC(C(=O)OC)(C(=O)OC)C1Cc2ccccc21)c1ccccc1. The highest BCUT2D eigenvalue weighted by Gasteiger charge is 2.64. The Morgan fingerprint density at radius 3 is 2.00 bits per heavy atom. The average Bonchev–Trinajstić information content (AvgIpc) is 3.21. The van der Waals surface area contributed by atoms with Crippen molar-refractivity contribution in [2.45, 2.75) is 37.0 Å². The van der Waals surface area contributed by atoms with Crippen molar-refractivity contribution in [1.29, 1.82) is 0 Å². The van der Waals surface area contributed by atoms with E-state index in [2.05, 4.69) is 25.3 Å². The molecule has 0 radical (unpaired) electrons. The fourth-order valence-corrected chi connectivity index (χ4v) is 6.51. The first-order valence-corrected chi connectivity index (χ1v) is 11.5. The van der Waals surface area contributed by atoms with Crippen LogP contribution in [0.5, 0.6) is 0 Å². The first-order valence-electron chi connectivity index (χ1n) is 11.5. The van der Waals surface area contributed by atoms with Gasteiger partial charge in [-0.15, -0.1) is 13.2 Å². The number of carbonyl (C=O) groups excluding carboxylic acids is 2. The Morgan fingerprint density at radius 2 is 1.48 bits per heavy atom. The molecule has 1 fully saturated rings. The summed E-state index contributed by atoms with van der Waals surface area (Å²) in [7, 11) is 2.70. The lowest BCUT2D eigenvalue weighted by molar-refractivity contribution is -0.174. The Hall–Kier alpha value is -3.14. The zero-order valence-corrected chi connectivity index (χ0v) is 19.5. The van der Waals surface area contributed by atoms with Crippen molar-refractivity contribution in [2.24, 2.45) is 17.3 Å². The van der Waals surface area contributed by atoms with Gasteiger partial charge in [0, 0.05) is 11.3 Å². The van der Waals surface area contributed by atoms with Crippen LogP contribution in [0.25, 0.3) is 0 Å². The second-order valence-corrected chi connectivity index (χ2v) is 9.25. The van der Waals surface area contributed by atoms with Crippen molar-refractivity contribution in [3.8, 4) is 0 Å². The third-order valence-corrected chi connectivity index (χ3v) is 8.11. The molecule has 0 spiro atoms. The fourth-order valence-electron chi connectivity index (χ4n) is 6.51. The van der Waals surface area contributed by atoms with Gasteiger partial charge in [-0.2, -0.15) is 0 Å². The minimum Gasteiger partial charge on any atom is -0.468 e. The second-order valence-electron chi connectivity index (χ2n) is 9.25. The molecule has 2 aromatic carbocycles. The molecule has 0 saturated heterocycles. The van der Waals surface area contributed by atoms with Crippen molar-refractivity contribution < 1.29 is 19.1 Å². The molecule has 33 heavy (non-hydrogen) atoms. The standard InChI is InChI=1S/C29H32O4/c1-5-21-16-17-22(6-2)28(21,23-13-8-7-9-14-23)19-29(26(30)32-3,27(31)33-4)25-18-20-12-10-11-15-24(20)25/h5-15,21-22,25H,1-2,16-19H2,3-4H3/t21-,22?,25?,28?/m1/s1. The molecule has 4 rings (SSSR count). The Bertz CT molecular complexity index is 1020. The summed E-state index contributed by atoms with van der Waals surface area (Å²) in [6.45, 7) is 8.28. The van der Waals surface area contributed by atoms with Crippen molar-refractivity contribution >= 4 is 11.9 Å². The first-order chi connectivity index (χ1) is 16.0. The first kappa shape index (κ1) is 23.0. The smallest absolute Gasteiger partial charge is 0.323 e. The summed E-state index contributed by atoms with van der Waals surface area (Å²) in [6, 6.07) is 18.2. The number of ether oxygens (including phenoxy) is 2. The van der Waals surface area contributed by atoms with Gasteiger partial charge in [0.2, 0.25) is 0 Å². The van der Waals surface area contributed by atoms with E-state index in [1.807, 2.05) is 54.6 Å². The van der Waals surface area contributed by atoms with Gasteiger partial charge in [0.25, 0.3) is 0 Å². The quantitative estimate of drug-likeness (QED) is 0.311. The molecule has 2 aliphatic carbocycles. The van der Waals surface area contributed by atoms with Crippen LogP contribution in [0.1, 0.15) is 41.9 Å². The molecule has 2 aromatic rings. The number of rotatable bonds is 8. The van der Waals surface area contributed by atoms with Crippen LogP contribution in [0.2, 0.25) is 0 Å². The average molecular weight is 445 g/mol. The van der Waals surface area contributed by atoms with Crippen LogP contribution in [-0.4, -0.2) is 26.2 Å². The molecule has 4 heteroatoms. The molecule has 0 aliphatic heterocycles. The predicted molar refractivity (Wildman–Crippen MR) is 129 cm³/mol. The molecule has 2 aliphatic rings. The number of methoxy groups -OCH3 is 2. The summed E-state index contributed by atoms with van der Waals surface area (Å²) in [6.07, 6.45) is 6.68. The Kier molecular flexibility index (Phi) is 6.29. The van der Waals surface area contributed by atoms with E-state index in [4.69, 9.17) is 9.47 Å². The normalized spacial score (nSPS) is 25.9. The van der Waals surface area contributed by atoms with Crippen LogP contribution in [-0.2, 0) is 30.9 Å². The zero-order chi connectivity index (χ0) is 23.6. The van der Waals surface area contributed by atoms with E-state index in [1.54, 1.807) is 0 Å². The van der Waals surface area contributed by atoms with Crippen LogP contribution < -0.4 is 0 Å². The van der Waals surface area contributed by atoms with Crippen LogP contribution in [0.3, 0.4) is 0 Å². The minimum atomic E-state index is -1.47. The van der Waals surface area contributed by atoms with E-state index < -0.39 is 22.8 Å². The summed E-state index contributed by atoms with van der Waals surface area (Å²) in [4.78, 5) is 27.3. The predicted octanol–water partition coefficient (Wildman–Crippen LogP) is 5.39. The molecule has 0 N–H and O–H groups in total. The van der Waals surface area contributed by atoms with E-state index in [0.29, 0.717) is 6.42 Å². The topological polar surface area (TPSA) is 52.6 Å². The van der Waals surface area contributed by atoms with E-state index in [1.165, 1.54) is 14.2 Å². The maximum Gasteiger partial charge on any atom is 0.323 e. The van der Waals surface area contributed by atoms with Gasteiger partial charge in [0.15, 0.2) is 5.41 Å². The Labute approximate surface area is 196 Å². The van der Waals surface area contributed by atoms with Crippen LogP contribution >= 0.6 is 0 Å². The van der Waals surface area contributed by atoms with Gasteiger partial charge in [-0.1, -0.05) is 66.7 Å². The lowest BCUT2D eigenvalue weighted by Gasteiger charge is -2.49. The van der Waals surface area contributed by atoms with Gasteiger partial charge >= 0.3 is 11.9 Å². The largest absolute Gasteiger partial charge is 0.468 e. The fraction of sp³-hybridized carbons (Fsp3) is 0.379. The zero-order valence-electron chi connectivity index (χ0n) is 19.5. The van der Waals surface area contributed by atoms with Gasteiger partial charge < -0.3 is 9.47 Å². The molecule has 0 bridgehead atoms. The Morgan fingerprint density at radius 1 is 0.939 bits per heavy atom. The third kappa shape index (κ3) is 3.35. The van der Waals surface area contributed by atoms with Gasteiger partial charge in [-0.05, 0) is 54.2 Å². The molecular weight excluding hydrogens is 412 g/mol. The number of carbonyl (C=O) groups is 2. The molecule has 4 nitrogen and oxygen atoms in total. The van der Waals surface area contributed by atoms with Crippen molar-refractivity contribution in [3.63, 3.8) is 0 Å². The number of hydrogen-bond donors (Lipinski definition) is 0. The number of benzene rings is 2. The van der Waals surface area contributed by atoms with E-state index >= 15 is 0 Å². The highest BCUT2D eigenvalue weighted by atomic mass is 16.5. The molecule has 1 saturated carbocycles. The maximum absolute atomic E-state index is 13.7. The minimum absolute atomic E-state index is 0.0758. The lowest BCUT2D eigenvalue weighted by atomic mass is 9.52. The highest BCUT2D eigenvalue weighted by Crippen LogP contribution is 2.61.